The van der Waals surface area contributed by atoms with E-state index in [0.29, 0.717) is 6.04 Å². The van der Waals surface area contributed by atoms with Gasteiger partial charge in [0.1, 0.15) is 0 Å². The molecular formula is C12H23N5. The van der Waals surface area contributed by atoms with Crippen LogP contribution in [0.2, 0.25) is 0 Å². The van der Waals surface area contributed by atoms with E-state index in [2.05, 4.69) is 48.5 Å². The molecule has 96 valence electrons. The molecule has 0 bridgehead atoms. The van der Waals surface area contributed by atoms with Gasteiger partial charge in [0.05, 0.1) is 12.6 Å². The Kier molecular flexibility index (Phi) is 3.47. The molecule has 0 amide bonds. The fourth-order valence-corrected chi connectivity index (χ4v) is 2.14. The lowest BCUT2D eigenvalue weighted by atomic mass is 10.1. The molecule has 1 N–H and O–H groups in total. The van der Waals surface area contributed by atoms with Gasteiger partial charge >= 0.3 is 0 Å². The molecular weight excluding hydrogens is 214 g/mol. The summed E-state index contributed by atoms with van der Waals surface area (Å²) in [4.78, 5) is 0. The Morgan fingerprint density at radius 3 is 2.82 bits per heavy atom. The molecule has 1 aliphatic carbocycles. The van der Waals surface area contributed by atoms with Crippen molar-refractivity contribution in [2.45, 2.75) is 65.1 Å². The SMILES string of the molecule is CCCC1CC1n1nnnc1CNC(C)(C)C. The molecule has 1 heterocycles. The normalized spacial score (nSPS) is 24.0. The molecule has 0 aromatic carbocycles. The summed E-state index contributed by atoms with van der Waals surface area (Å²) in [5.41, 5.74) is 0.100. The molecule has 0 aliphatic heterocycles. The van der Waals surface area contributed by atoms with Gasteiger partial charge in [-0.3, -0.25) is 0 Å². The molecule has 1 aromatic rings. The van der Waals surface area contributed by atoms with Gasteiger partial charge in [-0.1, -0.05) is 13.3 Å². The van der Waals surface area contributed by atoms with Crippen LogP contribution in [0.5, 0.6) is 0 Å². The van der Waals surface area contributed by atoms with E-state index in [-0.39, 0.29) is 5.54 Å². The van der Waals surface area contributed by atoms with Gasteiger partial charge in [-0.2, -0.15) is 0 Å². The number of aromatic nitrogens is 4. The maximum absolute atomic E-state index is 4.13. The third-order valence-corrected chi connectivity index (χ3v) is 3.20. The largest absolute Gasteiger partial charge is 0.305 e. The highest BCUT2D eigenvalue weighted by Crippen LogP contribution is 2.46. The molecule has 5 nitrogen and oxygen atoms in total. The topological polar surface area (TPSA) is 55.6 Å². The van der Waals surface area contributed by atoms with E-state index in [9.17, 15) is 0 Å². The Labute approximate surface area is 103 Å². The summed E-state index contributed by atoms with van der Waals surface area (Å²) in [6.45, 7) is 9.43. The van der Waals surface area contributed by atoms with Crippen LogP contribution in [-0.2, 0) is 6.54 Å². The van der Waals surface area contributed by atoms with Gasteiger partial charge in [-0.25, -0.2) is 4.68 Å². The van der Waals surface area contributed by atoms with Gasteiger partial charge in [-0.15, -0.1) is 5.10 Å². The number of nitrogens with zero attached hydrogens (tertiary/aromatic N) is 4. The highest BCUT2D eigenvalue weighted by molar-refractivity contribution is 4.96. The van der Waals surface area contributed by atoms with Crippen LogP contribution in [-0.4, -0.2) is 25.7 Å². The maximum Gasteiger partial charge on any atom is 0.165 e. The zero-order valence-electron chi connectivity index (χ0n) is 11.3. The zero-order valence-corrected chi connectivity index (χ0v) is 11.3. The molecule has 0 radical (unpaired) electrons. The Balaban J connectivity index is 1.94. The Bertz CT molecular complexity index is 365. The molecule has 1 aliphatic rings. The van der Waals surface area contributed by atoms with Crippen LogP contribution < -0.4 is 5.32 Å². The molecule has 0 saturated heterocycles. The second-order valence-electron chi connectivity index (χ2n) is 6.00. The third-order valence-electron chi connectivity index (χ3n) is 3.20. The molecule has 1 fully saturated rings. The first-order valence-electron chi connectivity index (χ1n) is 6.53. The molecule has 0 spiro atoms. The lowest BCUT2D eigenvalue weighted by Crippen LogP contribution is -2.36. The molecule has 1 saturated carbocycles. The van der Waals surface area contributed by atoms with E-state index in [1.54, 1.807) is 0 Å². The second-order valence-corrected chi connectivity index (χ2v) is 6.00. The van der Waals surface area contributed by atoms with Crippen LogP contribution in [0.1, 0.15) is 58.8 Å². The quantitative estimate of drug-likeness (QED) is 0.850. The average Bonchev–Trinajstić information content (AvgIpc) is 2.84. The van der Waals surface area contributed by atoms with Crippen molar-refractivity contribution in [2.75, 3.05) is 0 Å². The van der Waals surface area contributed by atoms with Crippen molar-refractivity contribution in [3.05, 3.63) is 5.82 Å². The van der Waals surface area contributed by atoms with Crippen molar-refractivity contribution in [3.8, 4) is 0 Å². The van der Waals surface area contributed by atoms with Gasteiger partial charge in [0.15, 0.2) is 5.82 Å². The van der Waals surface area contributed by atoms with Gasteiger partial charge in [-0.05, 0) is 50.0 Å². The Hall–Kier alpha value is -0.970. The van der Waals surface area contributed by atoms with Crippen molar-refractivity contribution in [2.24, 2.45) is 5.92 Å². The lowest BCUT2D eigenvalue weighted by molar-refractivity contribution is 0.405. The van der Waals surface area contributed by atoms with Crippen molar-refractivity contribution in [1.82, 2.24) is 25.5 Å². The summed E-state index contributed by atoms with van der Waals surface area (Å²) >= 11 is 0. The second kappa shape index (κ2) is 4.72. The predicted octanol–water partition coefficient (Wildman–Crippen LogP) is 1.92. The van der Waals surface area contributed by atoms with E-state index >= 15 is 0 Å². The minimum absolute atomic E-state index is 0.100. The lowest BCUT2D eigenvalue weighted by Gasteiger charge is -2.19. The smallest absolute Gasteiger partial charge is 0.165 e. The van der Waals surface area contributed by atoms with E-state index in [1.165, 1.54) is 19.3 Å². The zero-order chi connectivity index (χ0) is 12.5. The van der Waals surface area contributed by atoms with Crippen LogP contribution in [0.3, 0.4) is 0 Å². The first kappa shape index (κ1) is 12.5. The first-order chi connectivity index (χ1) is 8.01. The van der Waals surface area contributed by atoms with Crippen molar-refractivity contribution >= 4 is 0 Å². The summed E-state index contributed by atoms with van der Waals surface area (Å²) in [5, 5.41) is 15.5. The van der Waals surface area contributed by atoms with Crippen LogP contribution in [0.4, 0.5) is 0 Å². The van der Waals surface area contributed by atoms with Gasteiger partial charge in [0, 0.05) is 5.54 Å². The fourth-order valence-electron chi connectivity index (χ4n) is 2.14. The summed E-state index contributed by atoms with van der Waals surface area (Å²) < 4.78 is 2.01. The molecule has 2 unspecified atom stereocenters. The predicted molar refractivity (Wildman–Crippen MR) is 66.5 cm³/mol. The molecule has 1 aromatic heterocycles. The highest BCUT2D eigenvalue weighted by atomic mass is 15.6. The highest BCUT2D eigenvalue weighted by Gasteiger charge is 2.40. The van der Waals surface area contributed by atoms with Crippen molar-refractivity contribution in [1.29, 1.82) is 0 Å². The molecule has 17 heavy (non-hydrogen) atoms. The van der Waals surface area contributed by atoms with Crippen molar-refractivity contribution in [3.63, 3.8) is 0 Å². The van der Waals surface area contributed by atoms with Crippen LogP contribution >= 0.6 is 0 Å². The fraction of sp³-hybridized carbons (Fsp3) is 0.917. The standard InChI is InChI=1S/C12H23N5/c1-5-6-9-7-10(9)17-11(14-15-16-17)8-13-12(2,3)4/h9-10,13H,5-8H2,1-4H3. The molecule has 5 heteroatoms. The van der Waals surface area contributed by atoms with E-state index < -0.39 is 0 Å². The Morgan fingerprint density at radius 1 is 1.41 bits per heavy atom. The van der Waals surface area contributed by atoms with Crippen LogP contribution in [0.25, 0.3) is 0 Å². The van der Waals surface area contributed by atoms with Gasteiger partial charge in [0.2, 0.25) is 0 Å². The number of tetrazole rings is 1. The summed E-state index contributed by atoms with van der Waals surface area (Å²) in [5.74, 6) is 1.75. The number of rotatable bonds is 5. The Morgan fingerprint density at radius 2 is 2.18 bits per heavy atom. The van der Waals surface area contributed by atoms with Crippen LogP contribution in [0, 0.1) is 5.92 Å². The minimum Gasteiger partial charge on any atom is -0.305 e. The summed E-state index contributed by atoms with van der Waals surface area (Å²) in [6, 6.07) is 0.543. The average molecular weight is 237 g/mol. The van der Waals surface area contributed by atoms with E-state index in [4.69, 9.17) is 0 Å². The summed E-state index contributed by atoms with van der Waals surface area (Å²) in [7, 11) is 0. The van der Waals surface area contributed by atoms with E-state index in [0.717, 1.165) is 18.3 Å². The molecule has 2 rings (SSSR count). The van der Waals surface area contributed by atoms with E-state index in [1.807, 2.05) is 4.68 Å². The van der Waals surface area contributed by atoms with Crippen LogP contribution in [0.15, 0.2) is 0 Å². The minimum atomic E-state index is 0.100. The third kappa shape index (κ3) is 3.25. The maximum atomic E-state index is 4.13. The van der Waals surface area contributed by atoms with Crippen molar-refractivity contribution < 1.29 is 0 Å². The summed E-state index contributed by atoms with van der Waals surface area (Å²) in [6.07, 6.45) is 3.77. The monoisotopic (exact) mass is 237 g/mol. The van der Waals surface area contributed by atoms with Gasteiger partial charge < -0.3 is 5.32 Å². The number of nitrogens with one attached hydrogen (secondary N) is 1. The van der Waals surface area contributed by atoms with Gasteiger partial charge in [0.25, 0.3) is 0 Å². The number of hydrogen-bond acceptors (Lipinski definition) is 4. The first-order valence-corrected chi connectivity index (χ1v) is 6.53. The molecule has 2 atom stereocenters. The number of hydrogen-bond donors (Lipinski definition) is 1.